The van der Waals surface area contributed by atoms with Gasteiger partial charge in [0, 0.05) is 45.1 Å². The normalized spacial score (nSPS) is 19.7. The van der Waals surface area contributed by atoms with Gasteiger partial charge in [0.1, 0.15) is 11.4 Å². The topological polar surface area (TPSA) is 77.3 Å². The lowest BCUT2D eigenvalue weighted by Crippen LogP contribution is -2.46. The summed E-state index contributed by atoms with van der Waals surface area (Å²) in [6.07, 6.45) is 2.30. The second kappa shape index (κ2) is 5.83. The van der Waals surface area contributed by atoms with Crippen molar-refractivity contribution in [2.24, 2.45) is 13.0 Å². The van der Waals surface area contributed by atoms with E-state index in [1.54, 1.807) is 22.8 Å². The lowest BCUT2D eigenvalue weighted by molar-refractivity contribution is -0.125. The summed E-state index contributed by atoms with van der Waals surface area (Å²) in [5.74, 6) is -0.0663. The molecule has 1 aliphatic heterocycles. The molecule has 2 heterocycles. The van der Waals surface area contributed by atoms with E-state index >= 15 is 0 Å². The molecule has 21 heavy (non-hydrogen) atoms. The molecule has 0 bridgehead atoms. The minimum Gasteiger partial charge on any atom is -0.444 e. The van der Waals surface area contributed by atoms with E-state index in [0.717, 1.165) is 5.69 Å². The van der Waals surface area contributed by atoms with Crippen LogP contribution in [0.3, 0.4) is 0 Å². The molecule has 0 aliphatic carbocycles. The standard InChI is InChI=1S/C14H22N4O3/c1-14(2,3)21-13(20)18-6-5-12(19)10(8-18)7-11-9-17(4)16-15-11/h9-10H,5-8H2,1-4H3. The zero-order valence-corrected chi connectivity index (χ0v) is 13.0. The number of hydrogen-bond acceptors (Lipinski definition) is 5. The molecule has 2 rings (SSSR count). The van der Waals surface area contributed by atoms with E-state index in [4.69, 9.17) is 4.74 Å². The van der Waals surface area contributed by atoms with Crippen molar-refractivity contribution in [2.45, 2.75) is 39.2 Å². The first-order chi connectivity index (χ1) is 9.74. The molecule has 1 atom stereocenters. The lowest BCUT2D eigenvalue weighted by Gasteiger charge is -2.33. The Bertz CT molecular complexity index is 533. The van der Waals surface area contributed by atoms with Crippen LogP contribution < -0.4 is 0 Å². The number of Topliss-reactive ketones (excluding diaryl/α,β-unsaturated/α-hetero) is 1. The van der Waals surface area contributed by atoms with E-state index in [1.807, 2.05) is 20.8 Å². The van der Waals surface area contributed by atoms with Crippen molar-refractivity contribution in [3.63, 3.8) is 0 Å². The molecule has 1 unspecified atom stereocenters. The van der Waals surface area contributed by atoms with Gasteiger partial charge in [-0.25, -0.2) is 4.79 Å². The summed E-state index contributed by atoms with van der Waals surface area (Å²) in [7, 11) is 1.78. The van der Waals surface area contributed by atoms with Crippen LogP contribution in [0.25, 0.3) is 0 Å². The van der Waals surface area contributed by atoms with Crippen molar-refractivity contribution in [2.75, 3.05) is 13.1 Å². The summed E-state index contributed by atoms with van der Waals surface area (Å²) in [6.45, 7) is 6.29. The Balaban J connectivity index is 1.99. The number of amides is 1. The maximum Gasteiger partial charge on any atom is 0.410 e. The van der Waals surface area contributed by atoms with E-state index in [0.29, 0.717) is 25.9 Å². The van der Waals surface area contributed by atoms with Crippen LogP contribution in [0.1, 0.15) is 32.9 Å². The molecule has 0 aromatic carbocycles. The predicted molar refractivity (Wildman–Crippen MR) is 75.6 cm³/mol. The number of carbonyl (C=O) groups excluding carboxylic acids is 2. The van der Waals surface area contributed by atoms with Gasteiger partial charge in [0.15, 0.2) is 0 Å². The van der Waals surface area contributed by atoms with Gasteiger partial charge in [0.2, 0.25) is 0 Å². The van der Waals surface area contributed by atoms with Crippen LogP contribution in [-0.4, -0.2) is 50.5 Å². The number of aryl methyl sites for hydroxylation is 1. The van der Waals surface area contributed by atoms with Crippen LogP contribution in [0.4, 0.5) is 4.79 Å². The molecule has 1 saturated heterocycles. The molecule has 1 aliphatic rings. The van der Waals surface area contributed by atoms with E-state index < -0.39 is 5.60 Å². The maximum atomic E-state index is 12.1. The minimum absolute atomic E-state index is 0.167. The van der Waals surface area contributed by atoms with Crippen LogP contribution in [0.15, 0.2) is 6.20 Å². The van der Waals surface area contributed by atoms with Gasteiger partial charge in [-0.3, -0.25) is 9.48 Å². The van der Waals surface area contributed by atoms with Gasteiger partial charge in [-0.15, -0.1) is 5.10 Å². The first kappa shape index (κ1) is 15.5. The summed E-state index contributed by atoms with van der Waals surface area (Å²) in [5, 5.41) is 7.86. The first-order valence-corrected chi connectivity index (χ1v) is 7.10. The number of aromatic nitrogens is 3. The van der Waals surface area contributed by atoms with Gasteiger partial charge in [0.25, 0.3) is 0 Å². The summed E-state index contributed by atoms with van der Waals surface area (Å²) < 4.78 is 6.96. The van der Waals surface area contributed by atoms with Gasteiger partial charge in [-0.2, -0.15) is 0 Å². The van der Waals surface area contributed by atoms with Crippen LogP contribution in [0.5, 0.6) is 0 Å². The summed E-state index contributed by atoms with van der Waals surface area (Å²) in [4.78, 5) is 25.7. The largest absolute Gasteiger partial charge is 0.444 e. The van der Waals surface area contributed by atoms with E-state index in [9.17, 15) is 9.59 Å². The molecule has 0 radical (unpaired) electrons. The maximum absolute atomic E-state index is 12.1. The summed E-state index contributed by atoms with van der Waals surface area (Å²) >= 11 is 0. The van der Waals surface area contributed by atoms with Crippen LogP contribution in [0, 0.1) is 5.92 Å². The molecule has 7 heteroatoms. The summed E-state index contributed by atoms with van der Waals surface area (Å²) in [6, 6.07) is 0. The average Bonchev–Trinajstić information content (AvgIpc) is 2.75. The van der Waals surface area contributed by atoms with Crippen LogP contribution in [0.2, 0.25) is 0 Å². The second-order valence-electron chi connectivity index (χ2n) is 6.43. The highest BCUT2D eigenvalue weighted by Gasteiger charge is 2.32. The Kier molecular flexibility index (Phi) is 4.29. The molecule has 1 amide bonds. The molecular weight excluding hydrogens is 272 g/mol. The smallest absolute Gasteiger partial charge is 0.410 e. The second-order valence-corrected chi connectivity index (χ2v) is 6.43. The van der Waals surface area contributed by atoms with Gasteiger partial charge >= 0.3 is 6.09 Å². The molecule has 0 N–H and O–H groups in total. The van der Waals surface area contributed by atoms with Gasteiger partial charge in [-0.1, -0.05) is 5.21 Å². The molecule has 0 spiro atoms. The molecular formula is C14H22N4O3. The highest BCUT2D eigenvalue weighted by molar-refractivity contribution is 5.84. The van der Waals surface area contributed by atoms with Crippen molar-refractivity contribution in [1.29, 1.82) is 0 Å². The highest BCUT2D eigenvalue weighted by Crippen LogP contribution is 2.19. The molecule has 1 aromatic rings. The predicted octanol–water partition coefficient (Wildman–Crippen LogP) is 1.18. The number of likely N-dealkylation sites (tertiary alicyclic amines) is 1. The summed E-state index contributed by atoms with van der Waals surface area (Å²) in [5.41, 5.74) is 0.237. The molecule has 116 valence electrons. The third kappa shape index (κ3) is 4.27. The fourth-order valence-corrected chi connectivity index (χ4v) is 2.32. The number of ether oxygens (including phenoxy) is 1. The van der Waals surface area contributed by atoms with E-state index in [-0.39, 0.29) is 17.8 Å². The molecule has 7 nitrogen and oxygen atoms in total. The Labute approximate surface area is 124 Å². The van der Waals surface area contributed by atoms with Gasteiger partial charge in [0.05, 0.1) is 5.69 Å². The van der Waals surface area contributed by atoms with Crippen LogP contribution in [-0.2, 0) is 23.0 Å². The van der Waals surface area contributed by atoms with Crippen molar-refractivity contribution < 1.29 is 14.3 Å². The van der Waals surface area contributed by atoms with Gasteiger partial charge in [-0.05, 0) is 20.8 Å². The fourth-order valence-electron chi connectivity index (χ4n) is 2.32. The lowest BCUT2D eigenvalue weighted by atomic mass is 9.92. The number of piperidine rings is 1. The van der Waals surface area contributed by atoms with Crippen LogP contribution >= 0.6 is 0 Å². The Hall–Kier alpha value is -1.92. The SMILES string of the molecule is Cn1cc(CC2CN(C(=O)OC(C)(C)C)CCC2=O)nn1. The number of nitrogens with zero attached hydrogens (tertiary/aromatic N) is 4. The van der Waals surface area contributed by atoms with Gasteiger partial charge < -0.3 is 9.64 Å². The third-order valence-electron chi connectivity index (χ3n) is 3.28. The Morgan fingerprint density at radius 2 is 2.19 bits per heavy atom. The molecule has 1 aromatic heterocycles. The quantitative estimate of drug-likeness (QED) is 0.818. The van der Waals surface area contributed by atoms with E-state index in [2.05, 4.69) is 10.3 Å². The van der Waals surface area contributed by atoms with E-state index in [1.165, 1.54) is 0 Å². The number of hydrogen-bond donors (Lipinski definition) is 0. The Morgan fingerprint density at radius 3 is 2.76 bits per heavy atom. The monoisotopic (exact) mass is 294 g/mol. The first-order valence-electron chi connectivity index (χ1n) is 7.10. The molecule has 0 saturated carbocycles. The number of ketones is 1. The Morgan fingerprint density at radius 1 is 1.48 bits per heavy atom. The average molecular weight is 294 g/mol. The van der Waals surface area contributed by atoms with Crippen molar-refractivity contribution in [3.8, 4) is 0 Å². The third-order valence-corrected chi connectivity index (χ3v) is 3.28. The number of rotatable bonds is 2. The zero-order chi connectivity index (χ0) is 15.6. The fraction of sp³-hybridized carbons (Fsp3) is 0.714. The molecule has 1 fully saturated rings. The van der Waals surface area contributed by atoms with Crippen molar-refractivity contribution in [3.05, 3.63) is 11.9 Å². The van der Waals surface area contributed by atoms with Crippen molar-refractivity contribution in [1.82, 2.24) is 19.9 Å². The zero-order valence-electron chi connectivity index (χ0n) is 13.0. The minimum atomic E-state index is -0.529. The highest BCUT2D eigenvalue weighted by atomic mass is 16.6. The van der Waals surface area contributed by atoms with Crippen molar-refractivity contribution >= 4 is 11.9 Å². The number of carbonyl (C=O) groups is 2.